The first-order chi connectivity index (χ1) is 6.56. The molecule has 0 saturated heterocycles. The van der Waals surface area contributed by atoms with Crippen molar-refractivity contribution in [2.45, 2.75) is 34.1 Å². The molecule has 0 atom stereocenters. The van der Waals surface area contributed by atoms with Crippen molar-refractivity contribution in [3.8, 4) is 0 Å². The summed E-state index contributed by atoms with van der Waals surface area (Å²) in [6.07, 6.45) is 7.11. The van der Waals surface area contributed by atoms with Gasteiger partial charge in [-0.15, -0.1) is 0 Å². The standard InChI is InChI=1S/C12H20O2/c1-5-12(9-10(2)3)7-6-8-14-11(4)13/h6-7,9-10H,5,8H2,1-4H3. The van der Waals surface area contributed by atoms with Crippen molar-refractivity contribution in [1.82, 2.24) is 0 Å². The van der Waals surface area contributed by atoms with Crippen molar-refractivity contribution in [2.24, 2.45) is 5.92 Å². The van der Waals surface area contributed by atoms with Gasteiger partial charge in [0.2, 0.25) is 0 Å². The van der Waals surface area contributed by atoms with Gasteiger partial charge in [0.25, 0.3) is 0 Å². The summed E-state index contributed by atoms with van der Waals surface area (Å²) in [6.45, 7) is 8.19. The van der Waals surface area contributed by atoms with Gasteiger partial charge in [-0.05, 0) is 18.4 Å². The normalized spacial score (nSPS) is 12.5. The minimum absolute atomic E-state index is 0.236. The molecule has 0 bridgehead atoms. The Kier molecular flexibility index (Phi) is 6.81. The van der Waals surface area contributed by atoms with E-state index >= 15 is 0 Å². The second-order valence-corrected chi connectivity index (χ2v) is 3.54. The molecule has 0 aliphatic carbocycles. The van der Waals surface area contributed by atoms with Crippen LogP contribution in [0.25, 0.3) is 0 Å². The molecule has 0 aliphatic heterocycles. The molecule has 2 heteroatoms. The fourth-order valence-corrected chi connectivity index (χ4v) is 1.08. The number of esters is 1. The van der Waals surface area contributed by atoms with Crippen molar-refractivity contribution in [3.05, 3.63) is 23.8 Å². The first-order valence-corrected chi connectivity index (χ1v) is 5.06. The summed E-state index contributed by atoms with van der Waals surface area (Å²) < 4.78 is 4.79. The average molecular weight is 196 g/mol. The predicted octanol–water partition coefficient (Wildman–Crippen LogP) is 3.10. The van der Waals surface area contributed by atoms with E-state index in [0.29, 0.717) is 12.5 Å². The maximum Gasteiger partial charge on any atom is 0.302 e. The Bertz CT molecular complexity index is 224. The third-order valence-corrected chi connectivity index (χ3v) is 1.67. The number of rotatable bonds is 5. The van der Waals surface area contributed by atoms with Crippen LogP contribution in [0.15, 0.2) is 23.8 Å². The quantitative estimate of drug-likeness (QED) is 0.499. The van der Waals surface area contributed by atoms with Gasteiger partial charge in [0, 0.05) is 6.92 Å². The third kappa shape index (κ3) is 7.59. The highest BCUT2D eigenvalue weighted by atomic mass is 16.5. The van der Waals surface area contributed by atoms with Crippen molar-refractivity contribution in [3.63, 3.8) is 0 Å². The van der Waals surface area contributed by atoms with Crippen LogP contribution in [0, 0.1) is 5.92 Å². The van der Waals surface area contributed by atoms with Crippen LogP contribution >= 0.6 is 0 Å². The van der Waals surface area contributed by atoms with Crippen LogP contribution in [0.4, 0.5) is 0 Å². The van der Waals surface area contributed by atoms with E-state index in [-0.39, 0.29) is 5.97 Å². The molecule has 0 aromatic rings. The lowest BCUT2D eigenvalue weighted by atomic mass is 10.1. The van der Waals surface area contributed by atoms with Gasteiger partial charge in [0.1, 0.15) is 6.61 Å². The fraction of sp³-hybridized carbons (Fsp3) is 0.583. The van der Waals surface area contributed by atoms with Crippen LogP contribution in [0.3, 0.4) is 0 Å². The molecule has 0 amide bonds. The zero-order valence-corrected chi connectivity index (χ0v) is 9.54. The van der Waals surface area contributed by atoms with Gasteiger partial charge >= 0.3 is 5.97 Å². The zero-order chi connectivity index (χ0) is 11.0. The van der Waals surface area contributed by atoms with E-state index in [1.807, 2.05) is 12.2 Å². The molecule has 80 valence electrons. The van der Waals surface area contributed by atoms with Gasteiger partial charge in [0.15, 0.2) is 0 Å². The molecule has 0 fully saturated rings. The lowest BCUT2D eigenvalue weighted by Crippen LogP contribution is -1.97. The molecule has 0 N–H and O–H groups in total. The van der Waals surface area contributed by atoms with E-state index in [2.05, 4.69) is 26.8 Å². The van der Waals surface area contributed by atoms with Gasteiger partial charge in [-0.3, -0.25) is 4.79 Å². The fourth-order valence-electron chi connectivity index (χ4n) is 1.08. The predicted molar refractivity (Wildman–Crippen MR) is 59.0 cm³/mol. The van der Waals surface area contributed by atoms with Gasteiger partial charge in [-0.1, -0.05) is 38.5 Å². The first-order valence-electron chi connectivity index (χ1n) is 5.06. The average Bonchev–Trinajstić information content (AvgIpc) is 2.09. The monoisotopic (exact) mass is 196 g/mol. The van der Waals surface area contributed by atoms with E-state index < -0.39 is 0 Å². The van der Waals surface area contributed by atoms with Crippen LogP contribution in [0.2, 0.25) is 0 Å². The number of carbonyl (C=O) groups excluding carboxylic acids is 1. The van der Waals surface area contributed by atoms with Gasteiger partial charge in [0.05, 0.1) is 0 Å². The number of allylic oxidation sites excluding steroid dienone is 3. The molecule has 0 aromatic heterocycles. The summed E-state index contributed by atoms with van der Waals surface area (Å²) in [5.74, 6) is 0.323. The molecule has 0 radical (unpaired) electrons. The summed E-state index contributed by atoms with van der Waals surface area (Å²) >= 11 is 0. The number of hydrogen-bond donors (Lipinski definition) is 0. The highest BCUT2D eigenvalue weighted by molar-refractivity contribution is 5.66. The van der Waals surface area contributed by atoms with E-state index in [1.165, 1.54) is 12.5 Å². The van der Waals surface area contributed by atoms with Crippen LogP contribution in [-0.2, 0) is 9.53 Å². The van der Waals surface area contributed by atoms with Crippen molar-refractivity contribution >= 4 is 5.97 Å². The Morgan fingerprint density at radius 1 is 1.43 bits per heavy atom. The minimum Gasteiger partial charge on any atom is -0.462 e. The summed E-state index contributed by atoms with van der Waals surface area (Å²) in [5.41, 5.74) is 1.28. The van der Waals surface area contributed by atoms with Crippen LogP contribution in [-0.4, -0.2) is 12.6 Å². The maximum atomic E-state index is 10.5. The van der Waals surface area contributed by atoms with E-state index in [0.717, 1.165) is 6.42 Å². The van der Waals surface area contributed by atoms with Gasteiger partial charge < -0.3 is 4.74 Å². The lowest BCUT2D eigenvalue weighted by Gasteiger charge is -2.01. The number of hydrogen-bond acceptors (Lipinski definition) is 2. The highest BCUT2D eigenvalue weighted by Gasteiger charge is 1.92. The lowest BCUT2D eigenvalue weighted by molar-refractivity contribution is -0.139. The van der Waals surface area contributed by atoms with Crippen molar-refractivity contribution < 1.29 is 9.53 Å². The maximum absolute atomic E-state index is 10.5. The van der Waals surface area contributed by atoms with Crippen molar-refractivity contribution in [1.29, 1.82) is 0 Å². The Hall–Kier alpha value is -1.05. The molecule has 0 rings (SSSR count). The zero-order valence-electron chi connectivity index (χ0n) is 9.54. The molecular weight excluding hydrogens is 176 g/mol. The molecule has 0 unspecified atom stereocenters. The summed E-state index contributed by atoms with van der Waals surface area (Å²) in [5, 5.41) is 0. The second kappa shape index (κ2) is 7.36. The largest absolute Gasteiger partial charge is 0.462 e. The Morgan fingerprint density at radius 3 is 2.50 bits per heavy atom. The molecule has 0 heterocycles. The Balaban J connectivity index is 3.99. The Labute approximate surface area is 86.6 Å². The molecule has 0 aromatic carbocycles. The van der Waals surface area contributed by atoms with E-state index in [9.17, 15) is 4.79 Å². The summed E-state index contributed by atoms with van der Waals surface area (Å²) in [4.78, 5) is 10.5. The van der Waals surface area contributed by atoms with Crippen LogP contribution in [0.1, 0.15) is 34.1 Å². The smallest absolute Gasteiger partial charge is 0.302 e. The van der Waals surface area contributed by atoms with E-state index in [1.54, 1.807) is 0 Å². The second-order valence-electron chi connectivity index (χ2n) is 3.54. The SMILES string of the molecule is CCC(C=CCOC(C)=O)=CC(C)C. The molecule has 2 nitrogen and oxygen atoms in total. The van der Waals surface area contributed by atoms with Crippen LogP contribution in [0.5, 0.6) is 0 Å². The Morgan fingerprint density at radius 2 is 2.07 bits per heavy atom. The van der Waals surface area contributed by atoms with Gasteiger partial charge in [-0.2, -0.15) is 0 Å². The summed E-state index contributed by atoms with van der Waals surface area (Å²) in [6, 6.07) is 0. The minimum atomic E-state index is -0.236. The molecular formula is C12H20O2. The topological polar surface area (TPSA) is 26.3 Å². The number of ether oxygens (including phenoxy) is 1. The molecule has 0 spiro atoms. The number of carbonyl (C=O) groups is 1. The first kappa shape index (κ1) is 12.9. The van der Waals surface area contributed by atoms with Crippen molar-refractivity contribution in [2.75, 3.05) is 6.61 Å². The third-order valence-electron chi connectivity index (χ3n) is 1.67. The van der Waals surface area contributed by atoms with Gasteiger partial charge in [-0.25, -0.2) is 0 Å². The molecule has 14 heavy (non-hydrogen) atoms. The molecule has 0 saturated carbocycles. The molecule has 0 aliphatic rings. The summed E-state index contributed by atoms with van der Waals surface area (Å²) in [7, 11) is 0. The highest BCUT2D eigenvalue weighted by Crippen LogP contribution is 2.07. The van der Waals surface area contributed by atoms with Crippen LogP contribution < -0.4 is 0 Å². The van der Waals surface area contributed by atoms with E-state index in [4.69, 9.17) is 4.74 Å².